The van der Waals surface area contributed by atoms with E-state index in [0.29, 0.717) is 28.4 Å². The fourth-order valence-corrected chi connectivity index (χ4v) is 2.61. The zero-order valence-corrected chi connectivity index (χ0v) is 13.4. The fraction of sp³-hybridized carbons (Fsp3) is 0.176. The first-order valence-electron chi connectivity index (χ1n) is 7.43. The number of aromatic nitrogens is 1. The SMILES string of the molecule is O=C(CCCN1C(=O)c2ccccc2C1=O)Nc1ccc(Cl)cn1. The fourth-order valence-electron chi connectivity index (χ4n) is 2.50. The number of anilines is 1. The van der Waals surface area contributed by atoms with Gasteiger partial charge in [-0.05, 0) is 30.7 Å². The zero-order chi connectivity index (χ0) is 17.1. The van der Waals surface area contributed by atoms with Crippen molar-refractivity contribution in [3.05, 3.63) is 58.7 Å². The van der Waals surface area contributed by atoms with Crippen LogP contribution in [0.5, 0.6) is 0 Å². The number of nitrogens with one attached hydrogen (secondary N) is 1. The number of fused-ring (bicyclic) bond motifs is 1. The second kappa shape index (κ2) is 6.80. The molecule has 0 fully saturated rings. The normalized spacial score (nSPS) is 13.1. The maximum atomic E-state index is 12.2. The summed E-state index contributed by atoms with van der Waals surface area (Å²) in [5.74, 6) is -0.447. The van der Waals surface area contributed by atoms with Crippen molar-refractivity contribution in [3.63, 3.8) is 0 Å². The van der Waals surface area contributed by atoms with Crippen molar-refractivity contribution in [1.29, 1.82) is 0 Å². The molecule has 2 aromatic rings. The lowest BCUT2D eigenvalue weighted by Crippen LogP contribution is -2.31. The molecule has 0 saturated heterocycles. The molecule has 3 rings (SSSR count). The molecule has 0 bridgehead atoms. The second-order valence-electron chi connectivity index (χ2n) is 5.32. The number of benzene rings is 1. The molecule has 0 aliphatic carbocycles. The van der Waals surface area contributed by atoms with Gasteiger partial charge in [-0.25, -0.2) is 4.98 Å². The Balaban J connectivity index is 1.52. The number of pyridine rings is 1. The molecule has 1 N–H and O–H groups in total. The molecule has 0 radical (unpaired) electrons. The maximum Gasteiger partial charge on any atom is 0.261 e. The quantitative estimate of drug-likeness (QED) is 0.846. The lowest BCUT2D eigenvalue weighted by Gasteiger charge is -2.13. The Kier molecular flexibility index (Phi) is 4.57. The third-order valence-corrected chi connectivity index (χ3v) is 3.88. The molecule has 3 amide bonds. The predicted molar refractivity (Wildman–Crippen MR) is 88.9 cm³/mol. The third-order valence-electron chi connectivity index (χ3n) is 3.66. The predicted octanol–water partition coefficient (Wildman–Crippen LogP) is 2.75. The average Bonchev–Trinajstić information content (AvgIpc) is 2.82. The minimum atomic E-state index is -0.310. The van der Waals surface area contributed by atoms with Crippen LogP contribution < -0.4 is 5.32 Å². The van der Waals surface area contributed by atoms with Crippen LogP contribution in [0.15, 0.2) is 42.6 Å². The van der Waals surface area contributed by atoms with Crippen molar-refractivity contribution < 1.29 is 14.4 Å². The Bertz CT molecular complexity index is 770. The molecule has 7 heteroatoms. The molecule has 1 aliphatic heterocycles. The van der Waals surface area contributed by atoms with Crippen LogP contribution in [0.1, 0.15) is 33.6 Å². The first kappa shape index (κ1) is 16.1. The number of amides is 3. The van der Waals surface area contributed by atoms with E-state index in [9.17, 15) is 14.4 Å². The molecular formula is C17H14ClN3O3. The summed E-state index contributed by atoms with van der Waals surface area (Å²) in [5, 5.41) is 3.12. The van der Waals surface area contributed by atoms with E-state index in [1.165, 1.54) is 11.1 Å². The lowest BCUT2D eigenvalue weighted by molar-refractivity contribution is -0.116. The minimum absolute atomic E-state index is 0.178. The Hall–Kier alpha value is -2.73. The summed E-state index contributed by atoms with van der Waals surface area (Å²) in [6.07, 6.45) is 2.00. The largest absolute Gasteiger partial charge is 0.311 e. The standard InChI is InChI=1S/C17H14ClN3O3/c18-11-7-8-14(19-10-11)20-15(22)6-3-9-21-16(23)12-4-1-2-5-13(12)17(21)24/h1-2,4-5,7-8,10H,3,6,9H2,(H,19,20,22). The van der Waals surface area contributed by atoms with Crippen LogP contribution in [0.25, 0.3) is 0 Å². The third kappa shape index (κ3) is 3.28. The first-order chi connectivity index (χ1) is 11.6. The topological polar surface area (TPSA) is 79.4 Å². The Labute approximate surface area is 143 Å². The van der Waals surface area contributed by atoms with Gasteiger partial charge < -0.3 is 5.32 Å². The number of carbonyl (C=O) groups excluding carboxylic acids is 3. The second-order valence-corrected chi connectivity index (χ2v) is 5.76. The van der Waals surface area contributed by atoms with Gasteiger partial charge in [-0.3, -0.25) is 19.3 Å². The Morgan fingerprint density at radius 2 is 1.75 bits per heavy atom. The van der Waals surface area contributed by atoms with Crippen LogP contribution in [0.2, 0.25) is 5.02 Å². The van der Waals surface area contributed by atoms with Crippen molar-refractivity contribution in [2.24, 2.45) is 0 Å². The monoisotopic (exact) mass is 343 g/mol. The van der Waals surface area contributed by atoms with Gasteiger partial charge in [-0.1, -0.05) is 23.7 Å². The van der Waals surface area contributed by atoms with Gasteiger partial charge >= 0.3 is 0 Å². The van der Waals surface area contributed by atoms with Gasteiger partial charge in [0.15, 0.2) is 0 Å². The van der Waals surface area contributed by atoms with Crippen LogP contribution in [0.4, 0.5) is 5.82 Å². The van der Waals surface area contributed by atoms with Crippen LogP contribution >= 0.6 is 11.6 Å². The van der Waals surface area contributed by atoms with E-state index in [2.05, 4.69) is 10.3 Å². The van der Waals surface area contributed by atoms with Gasteiger partial charge in [0.2, 0.25) is 5.91 Å². The molecule has 1 aromatic carbocycles. The molecule has 0 atom stereocenters. The van der Waals surface area contributed by atoms with Gasteiger partial charge in [0.1, 0.15) is 5.82 Å². The van der Waals surface area contributed by atoms with Crippen molar-refractivity contribution in [3.8, 4) is 0 Å². The number of hydrogen-bond donors (Lipinski definition) is 1. The molecule has 122 valence electrons. The van der Waals surface area contributed by atoms with Gasteiger partial charge in [0.05, 0.1) is 16.1 Å². The summed E-state index contributed by atoms with van der Waals surface area (Å²) in [6.45, 7) is 0.202. The van der Waals surface area contributed by atoms with Crippen molar-refractivity contribution >= 4 is 35.1 Å². The van der Waals surface area contributed by atoms with E-state index < -0.39 is 0 Å². The van der Waals surface area contributed by atoms with Crippen molar-refractivity contribution in [1.82, 2.24) is 9.88 Å². The molecule has 24 heavy (non-hydrogen) atoms. The molecule has 6 nitrogen and oxygen atoms in total. The van der Waals surface area contributed by atoms with Crippen molar-refractivity contribution in [2.45, 2.75) is 12.8 Å². The zero-order valence-electron chi connectivity index (χ0n) is 12.7. The summed E-state index contributed by atoms with van der Waals surface area (Å²) >= 11 is 5.73. The summed E-state index contributed by atoms with van der Waals surface area (Å²) in [7, 11) is 0. The number of rotatable bonds is 5. The molecule has 0 unspecified atom stereocenters. The summed E-state index contributed by atoms with van der Waals surface area (Å²) in [6, 6.07) is 9.94. The van der Waals surface area contributed by atoms with Crippen LogP contribution in [0.3, 0.4) is 0 Å². The van der Waals surface area contributed by atoms with Crippen LogP contribution in [-0.2, 0) is 4.79 Å². The van der Waals surface area contributed by atoms with Crippen LogP contribution in [-0.4, -0.2) is 34.2 Å². The van der Waals surface area contributed by atoms with Gasteiger partial charge in [-0.15, -0.1) is 0 Å². The highest BCUT2D eigenvalue weighted by Gasteiger charge is 2.34. The molecule has 2 heterocycles. The molecule has 1 aliphatic rings. The van der Waals surface area contributed by atoms with E-state index in [0.717, 1.165) is 0 Å². The Morgan fingerprint density at radius 1 is 1.08 bits per heavy atom. The summed E-state index contributed by atoms with van der Waals surface area (Å²) < 4.78 is 0. The van der Waals surface area contributed by atoms with E-state index in [4.69, 9.17) is 11.6 Å². The van der Waals surface area contributed by atoms with Gasteiger partial charge in [0, 0.05) is 19.2 Å². The number of imide groups is 1. The highest BCUT2D eigenvalue weighted by molar-refractivity contribution is 6.30. The summed E-state index contributed by atoms with van der Waals surface area (Å²) in [5.41, 5.74) is 0.828. The van der Waals surface area contributed by atoms with E-state index >= 15 is 0 Å². The number of nitrogens with zero attached hydrogens (tertiary/aromatic N) is 2. The molecular weight excluding hydrogens is 330 g/mol. The van der Waals surface area contributed by atoms with E-state index in [1.807, 2.05) is 0 Å². The molecule has 0 spiro atoms. The van der Waals surface area contributed by atoms with E-state index in [1.54, 1.807) is 36.4 Å². The van der Waals surface area contributed by atoms with E-state index in [-0.39, 0.29) is 30.7 Å². The smallest absolute Gasteiger partial charge is 0.261 e. The van der Waals surface area contributed by atoms with Crippen LogP contribution in [0, 0.1) is 0 Å². The highest BCUT2D eigenvalue weighted by atomic mass is 35.5. The molecule has 1 aromatic heterocycles. The average molecular weight is 344 g/mol. The maximum absolute atomic E-state index is 12.2. The highest BCUT2D eigenvalue weighted by Crippen LogP contribution is 2.22. The van der Waals surface area contributed by atoms with Gasteiger partial charge in [0.25, 0.3) is 11.8 Å². The van der Waals surface area contributed by atoms with Gasteiger partial charge in [-0.2, -0.15) is 0 Å². The summed E-state index contributed by atoms with van der Waals surface area (Å²) in [4.78, 5) is 41.4. The number of halogens is 1. The lowest BCUT2D eigenvalue weighted by atomic mass is 10.1. The number of carbonyl (C=O) groups is 3. The minimum Gasteiger partial charge on any atom is -0.311 e. The first-order valence-corrected chi connectivity index (χ1v) is 7.80. The van der Waals surface area contributed by atoms with Crippen molar-refractivity contribution in [2.75, 3.05) is 11.9 Å². The molecule has 0 saturated carbocycles. The Morgan fingerprint density at radius 3 is 2.33 bits per heavy atom. The number of hydrogen-bond acceptors (Lipinski definition) is 4.